The molecule has 0 amide bonds. The van der Waals surface area contributed by atoms with Crippen LogP contribution in [-0.4, -0.2) is 15.8 Å². The molecule has 42 valence electrons. The SMILES string of the molecule is CCCO[Si](=O)[O-].[K+]. The van der Waals surface area contributed by atoms with E-state index in [4.69, 9.17) is 0 Å². The first-order valence-electron chi connectivity index (χ1n) is 2.11. The van der Waals surface area contributed by atoms with E-state index in [9.17, 15) is 9.26 Å². The summed E-state index contributed by atoms with van der Waals surface area (Å²) in [6.07, 6.45) is 0.749. The smallest absolute Gasteiger partial charge is 0.588 e. The van der Waals surface area contributed by atoms with Gasteiger partial charge < -0.3 is 13.7 Å². The summed E-state index contributed by atoms with van der Waals surface area (Å²) in [5.74, 6) is 0. The number of hydrogen-bond donors (Lipinski definition) is 0. The van der Waals surface area contributed by atoms with E-state index >= 15 is 0 Å². The Morgan fingerprint density at radius 1 is 1.75 bits per heavy atom. The Kier molecular flexibility index (Phi) is 12.4. The molecule has 0 N–H and O–H groups in total. The van der Waals surface area contributed by atoms with Gasteiger partial charge in [0.05, 0.1) is 0 Å². The van der Waals surface area contributed by atoms with Gasteiger partial charge in [-0.25, -0.2) is 0 Å². The van der Waals surface area contributed by atoms with Crippen molar-refractivity contribution < 1.29 is 65.1 Å². The largest absolute Gasteiger partial charge is 1.00 e. The molecule has 0 aromatic carbocycles. The molecule has 5 heteroatoms. The molecule has 8 heavy (non-hydrogen) atoms. The van der Waals surface area contributed by atoms with Gasteiger partial charge in [-0.2, -0.15) is 0 Å². The van der Waals surface area contributed by atoms with Crippen molar-refractivity contribution in [1.82, 2.24) is 0 Å². The van der Waals surface area contributed by atoms with E-state index in [1.807, 2.05) is 6.92 Å². The summed E-state index contributed by atoms with van der Waals surface area (Å²) in [4.78, 5) is 9.61. The molecule has 0 aromatic rings. The summed E-state index contributed by atoms with van der Waals surface area (Å²) < 4.78 is 13.8. The van der Waals surface area contributed by atoms with Gasteiger partial charge in [0, 0.05) is 6.61 Å². The van der Waals surface area contributed by atoms with E-state index in [0.29, 0.717) is 6.61 Å². The van der Waals surface area contributed by atoms with E-state index in [2.05, 4.69) is 4.43 Å². The molecule has 0 atom stereocenters. The molecule has 0 heterocycles. The van der Waals surface area contributed by atoms with Crippen LogP contribution in [0.2, 0.25) is 0 Å². The predicted octanol–water partition coefficient (Wildman–Crippen LogP) is -3.81. The molecule has 0 bridgehead atoms. The van der Waals surface area contributed by atoms with Crippen molar-refractivity contribution in [2.45, 2.75) is 13.3 Å². The van der Waals surface area contributed by atoms with Gasteiger partial charge in [-0.15, -0.1) is 0 Å². The second kappa shape index (κ2) is 8.25. The zero-order chi connectivity index (χ0) is 5.70. The van der Waals surface area contributed by atoms with E-state index in [1.54, 1.807) is 0 Å². The van der Waals surface area contributed by atoms with Crippen molar-refractivity contribution in [2.75, 3.05) is 6.61 Å². The number of rotatable bonds is 3. The maximum Gasteiger partial charge on any atom is 1.00 e. The Balaban J connectivity index is 0. The third kappa shape index (κ3) is 10.3. The standard InChI is InChI=1S/C3H7O3Si.K/c1-2-3-6-7(4)5;/h2-3H2,1H3;/q-1;+1. The van der Waals surface area contributed by atoms with Crippen LogP contribution in [0.5, 0.6) is 0 Å². The molecule has 3 nitrogen and oxygen atoms in total. The molecule has 0 aromatic heterocycles. The molecule has 0 aliphatic rings. The van der Waals surface area contributed by atoms with Crippen LogP contribution in [0.4, 0.5) is 0 Å². The van der Waals surface area contributed by atoms with Crippen molar-refractivity contribution in [3.8, 4) is 0 Å². The van der Waals surface area contributed by atoms with Crippen molar-refractivity contribution in [1.29, 1.82) is 0 Å². The normalized spacial score (nSPS) is 7.12. The molecular formula is C3H7KO3Si. The maximum atomic E-state index is 9.61. The summed E-state index contributed by atoms with van der Waals surface area (Å²) in [6.45, 7) is 2.17. The van der Waals surface area contributed by atoms with Crippen LogP contribution in [0.1, 0.15) is 13.3 Å². The van der Waals surface area contributed by atoms with Crippen molar-refractivity contribution in [3.05, 3.63) is 0 Å². The van der Waals surface area contributed by atoms with E-state index in [0.717, 1.165) is 6.42 Å². The molecule has 0 fully saturated rings. The van der Waals surface area contributed by atoms with E-state index in [-0.39, 0.29) is 51.4 Å². The zero-order valence-corrected chi connectivity index (χ0v) is 9.26. The van der Waals surface area contributed by atoms with Gasteiger partial charge in [-0.05, 0) is 6.42 Å². The molecule has 0 spiro atoms. The Labute approximate surface area is 92.8 Å². The van der Waals surface area contributed by atoms with Crippen LogP contribution in [0.25, 0.3) is 0 Å². The third-order valence-electron chi connectivity index (χ3n) is 0.424. The summed E-state index contributed by atoms with van der Waals surface area (Å²) in [7, 11) is -2.90. The molecule has 0 saturated heterocycles. The molecular weight excluding hydrogens is 151 g/mol. The monoisotopic (exact) mass is 158 g/mol. The van der Waals surface area contributed by atoms with E-state index < -0.39 is 9.17 Å². The molecule has 0 rings (SSSR count). The van der Waals surface area contributed by atoms with Crippen molar-refractivity contribution in [2.24, 2.45) is 0 Å². The molecule has 0 aliphatic heterocycles. The fraction of sp³-hybridized carbons (Fsp3) is 1.00. The Morgan fingerprint density at radius 2 is 2.25 bits per heavy atom. The van der Waals surface area contributed by atoms with Crippen LogP contribution in [0.3, 0.4) is 0 Å². The minimum atomic E-state index is -2.90. The minimum Gasteiger partial charge on any atom is -0.588 e. The van der Waals surface area contributed by atoms with Gasteiger partial charge in [-0.1, -0.05) is 6.92 Å². The van der Waals surface area contributed by atoms with Crippen LogP contribution in [0.15, 0.2) is 0 Å². The summed E-state index contributed by atoms with van der Waals surface area (Å²) >= 11 is 0. The Morgan fingerprint density at radius 3 is 2.38 bits per heavy atom. The predicted molar refractivity (Wildman–Crippen MR) is 22.7 cm³/mol. The summed E-state index contributed by atoms with van der Waals surface area (Å²) in [5.41, 5.74) is 0. The number of hydrogen-bond acceptors (Lipinski definition) is 3. The van der Waals surface area contributed by atoms with Gasteiger partial charge in [0.25, 0.3) is 0 Å². The first kappa shape index (κ1) is 12.0. The topological polar surface area (TPSA) is 49.4 Å². The molecule has 0 aliphatic carbocycles. The first-order chi connectivity index (χ1) is 3.27. The average molecular weight is 158 g/mol. The van der Waals surface area contributed by atoms with Gasteiger partial charge in [0.1, 0.15) is 0 Å². The molecule has 0 unspecified atom stereocenters. The molecule has 0 radical (unpaired) electrons. The van der Waals surface area contributed by atoms with Crippen LogP contribution >= 0.6 is 0 Å². The quantitative estimate of drug-likeness (QED) is 0.396. The summed E-state index contributed by atoms with van der Waals surface area (Å²) in [5, 5.41) is 0. The maximum absolute atomic E-state index is 9.61. The second-order valence-corrected chi connectivity index (χ2v) is 1.89. The van der Waals surface area contributed by atoms with Gasteiger partial charge in [-0.3, -0.25) is 0 Å². The third-order valence-corrected chi connectivity index (χ3v) is 0.864. The van der Waals surface area contributed by atoms with Crippen molar-refractivity contribution in [3.63, 3.8) is 0 Å². The second-order valence-electron chi connectivity index (χ2n) is 1.10. The average Bonchev–Trinajstić information content (AvgIpc) is 1.61. The van der Waals surface area contributed by atoms with Crippen LogP contribution < -0.4 is 56.2 Å². The summed E-state index contributed by atoms with van der Waals surface area (Å²) in [6, 6.07) is 0. The van der Waals surface area contributed by atoms with Crippen LogP contribution in [0, 0.1) is 0 Å². The van der Waals surface area contributed by atoms with Gasteiger partial charge in [0.2, 0.25) is 0 Å². The molecule has 0 saturated carbocycles. The van der Waals surface area contributed by atoms with E-state index in [1.165, 1.54) is 0 Å². The van der Waals surface area contributed by atoms with Gasteiger partial charge >= 0.3 is 60.6 Å². The fourth-order valence-electron chi connectivity index (χ4n) is 0.185. The van der Waals surface area contributed by atoms with Gasteiger partial charge in [0.15, 0.2) is 0 Å². The fourth-order valence-corrected chi connectivity index (χ4v) is 0.556. The van der Waals surface area contributed by atoms with Crippen molar-refractivity contribution >= 4 is 9.17 Å². The Bertz CT molecular complexity index is 67.5. The Hall–Kier alpha value is 1.25. The minimum absolute atomic E-state index is 0. The first-order valence-corrected chi connectivity index (χ1v) is 3.33. The van der Waals surface area contributed by atoms with Crippen LogP contribution in [-0.2, 0) is 8.89 Å². The zero-order valence-electron chi connectivity index (χ0n) is 5.14.